The number of nitrogens with one attached hydrogen (secondary N) is 1. The van der Waals surface area contributed by atoms with Crippen molar-refractivity contribution in [3.05, 3.63) is 89.5 Å². The minimum absolute atomic E-state index is 0.0542. The summed E-state index contributed by atoms with van der Waals surface area (Å²) >= 11 is 0. The molecule has 0 spiro atoms. The first-order valence-electron chi connectivity index (χ1n) is 10.3. The number of likely N-dealkylation sites (tertiary alicyclic amines) is 1. The number of nitrogens with zero attached hydrogens (tertiary/aromatic N) is 2. The van der Waals surface area contributed by atoms with Crippen molar-refractivity contribution in [2.45, 2.75) is 31.8 Å². The SMILES string of the molecule is CNC(=O)C1(c2cccc(C)n2)CCCN1Cc1ccccc1-c1ccccc1F. The lowest BCUT2D eigenvalue weighted by Gasteiger charge is -2.37. The van der Waals surface area contributed by atoms with Crippen LogP contribution in [0.1, 0.15) is 29.8 Å². The van der Waals surface area contributed by atoms with Gasteiger partial charge in [-0.3, -0.25) is 14.7 Å². The van der Waals surface area contributed by atoms with Crippen LogP contribution in [0.25, 0.3) is 11.1 Å². The molecule has 1 amide bonds. The molecule has 1 aromatic heterocycles. The molecule has 154 valence electrons. The molecule has 4 rings (SSSR count). The first-order chi connectivity index (χ1) is 14.6. The van der Waals surface area contributed by atoms with E-state index in [0.29, 0.717) is 18.5 Å². The third-order valence-corrected chi connectivity index (χ3v) is 5.96. The van der Waals surface area contributed by atoms with Gasteiger partial charge in [-0.25, -0.2) is 4.39 Å². The molecule has 30 heavy (non-hydrogen) atoms. The van der Waals surface area contributed by atoms with Gasteiger partial charge < -0.3 is 5.32 Å². The van der Waals surface area contributed by atoms with Crippen molar-refractivity contribution < 1.29 is 9.18 Å². The molecule has 5 heteroatoms. The zero-order valence-electron chi connectivity index (χ0n) is 17.4. The third-order valence-electron chi connectivity index (χ3n) is 5.96. The Labute approximate surface area is 176 Å². The van der Waals surface area contributed by atoms with Gasteiger partial charge in [0.15, 0.2) is 0 Å². The van der Waals surface area contributed by atoms with Crippen LogP contribution in [0.2, 0.25) is 0 Å². The smallest absolute Gasteiger partial charge is 0.246 e. The summed E-state index contributed by atoms with van der Waals surface area (Å²) in [5.74, 6) is -0.300. The van der Waals surface area contributed by atoms with E-state index in [9.17, 15) is 9.18 Å². The Bertz CT molecular complexity index is 1070. The second-order valence-electron chi connectivity index (χ2n) is 7.77. The normalized spacial score (nSPS) is 19.0. The topological polar surface area (TPSA) is 45.2 Å². The Balaban J connectivity index is 1.78. The molecule has 2 aromatic carbocycles. The van der Waals surface area contributed by atoms with E-state index in [4.69, 9.17) is 4.98 Å². The molecule has 1 saturated heterocycles. The molecule has 4 nitrogen and oxygen atoms in total. The summed E-state index contributed by atoms with van der Waals surface area (Å²) in [4.78, 5) is 20.1. The van der Waals surface area contributed by atoms with Gasteiger partial charge in [0.1, 0.15) is 11.4 Å². The highest BCUT2D eigenvalue weighted by Crippen LogP contribution is 2.40. The quantitative estimate of drug-likeness (QED) is 0.685. The van der Waals surface area contributed by atoms with E-state index in [0.717, 1.165) is 35.5 Å². The largest absolute Gasteiger partial charge is 0.357 e. The number of benzene rings is 2. The van der Waals surface area contributed by atoms with Crippen molar-refractivity contribution >= 4 is 5.91 Å². The molecule has 1 atom stereocenters. The number of amides is 1. The molecule has 1 N–H and O–H groups in total. The van der Waals surface area contributed by atoms with E-state index in [1.165, 1.54) is 6.07 Å². The van der Waals surface area contributed by atoms with E-state index >= 15 is 0 Å². The van der Waals surface area contributed by atoms with Crippen molar-refractivity contribution in [2.75, 3.05) is 13.6 Å². The van der Waals surface area contributed by atoms with Crippen molar-refractivity contribution in [1.82, 2.24) is 15.2 Å². The zero-order chi connectivity index (χ0) is 21.1. The monoisotopic (exact) mass is 403 g/mol. The number of hydrogen-bond donors (Lipinski definition) is 1. The molecule has 0 radical (unpaired) electrons. The van der Waals surface area contributed by atoms with E-state index in [1.807, 2.05) is 55.5 Å². The van der Waals surface area contributed by atoms with E-state index in [-0.39, 0.29) is 11.7 Å². The number of halogens is 1. The maximum absolute atomic E-state index is 14.5. The van der Waals surface area contributed by atoms with Crippen LogP contribution in [-0.4, -0.2) is 29.4 Å². The molecule has 0 aliphatic carbocycles. The number of pyridine rings is 1. The van der Waals surface area contributed by atoms with Gasteiger partial charge in [-0.2, -0.15) is 0 Å². The molecular formula is C25H26FN3O. The Morgan fingerprint density at radius 3 is 2.53 bits per heavy atom. The van der Waals surface area contributed by atoms with Crippen LogP contribution in [0.4, 0.5) is 4.39 Å². The molecule has 0 bridgehead atoms. The van der Waals surface area contributed by atoms with Crippen LogP contribution in [-0.2, 0) is 16.9 Å². The molecule has 3 aromatic rings. The third kappa shape index (κ3) is 3.50. The van der Waals surface area contributed by atoms with Crippen molar-refractivity contribution in [3.8, 4) is 11.1 Å². The number of carbonyl (C=O) groups excluding carboxylic acids is 1. The van der Waals surface area contributed by atoms with Gasteiger partial charge in [-0.1, -0.05) is 48.5 Å². The fraction of sp³-hybridized carbons (Fsp3) is 0.280. The fourth-order valence-corrected chi connectivity index (χ4v) is 4.54. The van der Waals surface area contributed by atoms with Gasteiger partial charge in [0.25, 0.3) is 0 Å². The van der Waals surface area contributed by atoms with Crippen LogP contribution >= 0.6 is 0 Å². The predicted molar refractivity (Wildman–Crippen MR) is 116 cm³/mol. The lowest BCUT2D eigenvalue weighted by atomic mass is 9.89. The molecule has 2 heterocycles. The minimum Gasteiger partial charge on any atom is -0.357 e. The number of aromatic nitrogens is 1. The molecule has 1 aliphatic rings. The number of likely N-dealkylation sites (N-methyl/N-ethyl adjacent to an activating group) is 1. The van der Waals surface area contributed by atoms with Crippen LogP contribution in [0.15, 0.2) is 66.7 Å². The second kappa shape index (κ2) is 8.36. The van der Waals surface area contributed by atoms with Gasteiger partial charge in [-0.05, 0) is 55.6 Å². The second-order valence-corrected chi connectivity index (χ2v) is 7.77. The Hall–Kier alpha value is -3.05. The Kier molecular flexibility index (Phi) is 5.64. The van der Waals surface area contributed by atoms with Gasteiger partial charge in [-0.15, -0.1) is 0 Å². The maximum atomic E-state index is 14.5. The molecule has 1 unspecified atom stereocenters. The summed E-state index contributed by atoms with van der Waals surface area (Å²) in [6.07, 6.45) is 1.59. The number of carbonyl (C=O) groups is 1. The van der Waals surface area contributed by atoms with E-state index in [2.05, 4.69) is 10.2 Å². The number of hydrogen-bond acceptors (Lipinski definition) is 3. The average Bonchev–Trinajstić information content (AvgIpc) is 3.18. The molecule has 1 aliphatic heterocycles. The highest BCUT2D eigenvalue weighted by Gasteiger charge is 2.49. The van der Waals surface area contributed by atoms with E-state index < -0.39 is 5.54 Å². The van der Waals surface area contributed by atoms with Gasteiger partial charge >= 0.3 is 0 Å². The van der Waals surface area contributed by atoms with Crippen LogP contribution < -0.4 is 5.32 Å². The average molecular weight is 404 g/mol. The minimum atomic E-state index is -0.830. The highest BCUT2D eigenvalue weighted by molar-refractivity contribution is 5.87. The van der Waals surface area contributed by atoms with Gasteiger partial charge in [0, 0.05) is 24.8 Å². The fourth-order valence-electron chi connectivity index (χ4n) is 4.54. The summed E-state index contributed by atoms with van der Waals surface area (Å²) in [6.45, 7) is 3.25. The summed E-state index contributed by atoms with van der Waals surface area (Å²) in [5.41, 5.74) is 3.24. The van der Waals surface area contributed by atoms with Gasteiger partial charge in [0.2, 0.25) is 5.91 Å². The number of aryl methyl sites for hydroxylation is 1. The predicted octanol–water partition coefficient (Wildman–Crippen LogP) is 4.43. The van der Waals surface area contributed by atoms with Crippen LogP contribution in [0.3, 0.4) is 0 Å². The van der Waals surface area contributed by atoms with Crippen molar-refractivity contribution in [3.63, 3.8) is 0 Å². The Morgan fingerprint density at radius 1 is 1.07 bits per heavy atom. The molecular weight excluding hydrogens is 377 g/mol. The first-order valence-corrected chi connectivity index (χ1v) is 10.3. The number of rotatable bonds is 5. The first kappa shape index (κ1) is 20.2. The molecule has 0 saturated carbocycles. The van der Waals surface area contributed by atoms with Crippen molar-refractivity contribution in [1.29, 1.82) is 0 Å². The van der Waals surface area contributed by atoms with Crippen LogP contribution in [0.5, 0.6) is 0 Å². The summed E-state index contributed by atoms with van der Waals surface area (Å²) in [7, 11) is 1.67. The summed E-state index contributed by atoms with van der Waals surface area (Å²) < 4.78 is 14.5. The standard InChI is InChI=1S/C25H26FN3O/c1-18-9-7-14-23(28-18)25(24(30)27-2)15-8-16-29(25)17-19-10-3-4-11-20(19)21-12-5-6-13-22(21)26/h3-7,9-14H,8,15-17H2,1-2H3,(H,27,30). The summed E-state index contributed by atoms with van der Waals surface area (Å²) in [5, 5.41) is 2.86. The molecule has 1 fully saturated rings. The maximum Gasteiger partial charge on any atom is 0.246 e. The summed E-state index contributed by atoms with van der Waals surface area (Å²) in [6, 6.07) is 20.5. The highest BCUT2D eigenvalue weighted by atomic mass is 19.1. The lowest BCUT2D eigenvalue weighted by molar-refractivity contribution is -0.132. The zero-order valence-corrected chi connectivity index (χ0v) is 17.4. The lowest BCUT2D eigenvalue weighted by Crippen LogP contribution is -2.52. The Morgan fingerprint density at radius 2 is 1.80 bits per heavy atom. The van der Waals surface area contributed by atoms with E-state index in [1.54, 1.807) is 19.2 Å². The van der Waals surface area contributed by atoms with Crippen LogP contribution in [0, 0.1) is 12.7 Å². The van der Waals surface area contributed by atoms with Gasteiger partial charge in [0.05, 0.1) is 5.69 Å². The van der Waals surface area contributed by atoms with Crippen molar-refractivity contribution in [2.24, 2.45) is 0 Å².